The van der Waals surface area contributed by atoms with Gasteiger partial charge in [-0.25, -0.2) is 9.97 Å². The summed E-state index contributed by atoms with van der Waals surface area (Å²) < 4.78 is 8.08. The highest BCUT2D eigenvalue weighted by Gasteiger charge is 2.29. The van der Waals surface area contributed by atoms with E-state index in [2.05, 4.69) is 56.1 Å². The van der Waals surface area contributed by atoms with Gasteiger partial charge in [0.25, 0.3) is 0 Å². The number of rotatable bonds is 5. The van der Waals surface area contributed by atoms with Crippen molar-refractivity contribution in [3.8, 4) is 0 Å². The van der Waals surface area contributed by atoms with E-state index < -0.39 is 0 Å². The van der Waals surface area contributed by atoms with Gasteiger partial charge >= 0.3 is 0 Å². The van der Waals surface area contributed by atoms with Crippen molar-refractivity contribution in [1.82, 2.24) is 19.7 Å². The summed E-state index contributed by atoms with van der Waals surface area (Å²) in [6.07, 6.45) is 10.2. The number of ether oxygens (including phenoxy) is 1. The van der Waals surface area contributed by atoms with Crippen LogP contribution in [0.1, 0.15) is 45.6 Å². The first kappa shape index (κ1) is 18.2. The molecule has 2 aromatic rings. The number of anilines is 2. The van der Waals surface area contributed by atoms with Gasteiger partial charge in [-0.1, -0.05) is 13.8 Å². The smallest absolute Gasteiger partial charge is 0.134 e. The number of piperidine rings is 1. The largest absolute Gasteiger partial charge is 0.376 e. The van der Waals surface area contributed by atoms with Gasteiger partial charge in [0.15, 0.2) is 0 Å². The van der Waals surface area contributed by atoms with Gasteiger partial charge in [-0.2, -0.15) is 5.10 Å². The van der Waals surface area contributed by atoms with Crippen molar-refractivity contribution in [2.45, 2.75) is 57.7 Å². The third kappa shape index (κ3) is 4.24. The van der Waals surface area contributed by atoms with Gasteiger partial charge in [0, 0.05) is 38.2 Å². The fourth-order valence-electron chi connectivity index (χ4n) is 4.26. The van der Waals surface area contributed by atoms with E-state index in [1.165, 1.54) is 0 Å². The molecule has 4 heterocycles. The zero-order valence-corrected chi connectivity index (χ0v) is 16.3. The number of nitrogens with one attached hydrogen (secondary N) is 1. The van der Waals surface area contributed by atoms with Crippen molar-refractivity contribution >= 4 is 11.6 Å². The fraction of sp³-hybridized carbons (Fsp3) is 0.650. The first-order chi connectivity index (χ1) is 13.2. The molecule has 0 bridgehead atoms. The Morgan fingerprint density at radius 2 is 2.04 bits per heavy atom. The highest BCUT2D eigenvalue weighted by atomic mass is 16.5. The third-order valence-corrected chi connectivity index (χ3v) is 5.70. The second-order valence-electron chi connectivity index (χ2n) is 7.94. The van der Waals surface area contributed by atoms with Gasteiger partial charge in [0.05, 0.1) is 18.2 Å². The minimum atomic E-state index is 0.238. The monoisotopic (exact) mass is 370 g/mol. The van der Waals surface area contributed by atoms with Gasteiger partial charge in [-0.3, -0.25) is 4.68 Å². The van der Waals surface area contributed by atoms with E-state index in [1.54, 1.807) is 6.33 Å². The Balaban J connectivity index is 1.39. The number of hydrogen-bond acceptors (Lipinski definition) is 6. The van der Waals surface area contributed by atoms with Crippen LogP contribution in [0.3, 0.4) is 0 Å². The van der Waals surface area contributed by atoms with Crippen LogP contribution in [0, 0.1) is 5.92 Å². The summed E-state index contributed by atoms with van der Waals surface area (Å²) in [7, 11) is 0. The van der Waals surface area contributed by atoms with Crippen LogP contribution in [-0.2, 0) is 4.74 Å². The maximum absolute atomic E-state index is 5.99. The lowest BCUT2D eigenvalue weighted by atomic mass is 9.93. The molecule has 2 aliphatic heterocycles. The zero-order valence-electron chi connectivity index (χ0n) is 16.3. The Morgan fingerprint density at radius 3 is 2.78 bits per heavy atom. The maximum Gasteiger partial charge on any atom is 0.134 e. The molecule has 27 heavy (non-hydrogen) atoms. The SMILES string of the molecule is CC(C)[C@@H]1OCCC[C@H]1Nc1cc(N2CCC(n3cccn3)CC2)ncn1. The lowest BCUT2D eigenvalue weighted by Crippen LogP contribution is -2.43. The molecule has 7 heteroatoms. The van der Waals surface area contributed by atoms with E-state index in [9.17, 15) is 0 Å². The quantitative estimate of drug-likeness (QED) is 0.872. The summed E-state index contributed by atoms with van der Waals surface area (Å²) in [6, 6.07) is 4.88. The lowest BCUT2D eigenvalue weighted by Gasteiger charge is -2.35. The van der Waals surface area contributed by atoms with E-state index in [0.717, 1.165) is 57.0 Å². The zero-order chi connectivity index (χ0) is 18.6. The molecule has 7 nitrogen and oxygen atoms in total. The summed E-state index contributed by atoms with van der Waals surface area (Å²) in [5, 5.41) is 7.99. The molecule has 0 aromatic carbocycles. The summed E-state index contributed by atoms with van der Waals surface area (Å²) in [4.78, 5) is 11.3. The predicted octanol–water partition coefficient (Wildman–Crippen LogP) is 3.13. The second kappa shape index (κ2) is 8.25. The van der Waals surface area contributed by atoms with Gasteiger partial charge in [0.1, 0.15) is 18.0 Å². The molecule has 0 saturated carbocycles. The van der Waals surface area contributed by atoms with Crippen LogP contribution in [0.25, 0.3) is 0 Å². The van der Waals surface area contributed by atoms with Crippen LogP contribution in [0.5, 0.6) is 0 Å². The molecular weight excluding hydrogens is 340 g/mol. The lowest BCUT2D eigenvalue weighted by molar-refractivity contribution is -0.0203. The Bertz CT molecular complexity index is 711. The highest BCUT2D eigenvalue weighted by Crippen LogP contribution is 2.27. The molecule has 0 unspecified atom stereocenters. The Hall–Kier alpha value is -2.15. The molecule has 0 radical (unpaired) electrons. The maximum atomic E-state index is 5.99. The summed E-state index contributed by atoms with van der Waals surface area (Å²) in [5.74, 6) is 2.39. The highest BCUT2D eigenvalue weighted by molar-refractivity contribution is 5.49. The van der Waals surface area contributed by atoms with Gasteiger partial charge in [-0.05, 0) is 37.7 Å². The van der Waals surface area contributed by atoms with Crippen LogP contribution < -0.4 is 10.2 Å². The summed E-state index contributed by atoms with van der Waals surface area (Å²) >= 11 is 0. The van der Waals surface area contributed by atoms with Crippen molar-refractivity contribution < 1.29 is 4.74 Å². The van der Waals surface area contributed by atoms with Crippen LogP contribution in [-0.4, -0.2) is 51.6 Å². The number of aromatic nitrogens is 4. The van der Waals surface area contributed by atoms with E-state index in [0.29, 0.717) is 18.0 Å². The first-order valence-corrected chi connectivity index (χ1v) is 10.1. The topological polar surface area (TPSA) is 68.1 Å². The average Bonchev–Trinajstić information content (AvgIpc) is 3.23. The normalized spacial score (nSPS) is 24.3. The van der Waals surface area contributed by atoms with Gasteiger partial charge in [0.2, 0.25) is 0 Å². The number of nitrogens with zero attached hydrogens (tertiary/aromatic N) is 5. The van der Waals surface area contributed by atoms with Crippen molar-refractivity contribution in [1.29, 1.82) is 0 Å². The van der Waals surface area contributed by atoms with Gasteiger partial charge < -0.3 is 15.0 Å². The van der Waals surface area contributed by atoms with Crippen LogP contribution in [0.2, 0.25) is 0 Å². The minimum Gasteiger partial charge on any atom is -0.376 e. The minimum absolute atomic E-state index is 0.238. The fourth-order valence-corrected chi connectivity index (χ4v) is 4.26. The summed E-state index contributed by atoms with van der Waals surface area (Å²) in [6.45, 7) is 7.28. The standard InChI is InChI=1S/C20H30N6O/c1-15(2)20-17(5-3-12-27-20)24-18-13-19(22-14-21-18)25-10-6-16(7-11-25)26-9-4-8-23-26/h4,8-9,13-17,20H,3,5-7,10-12H2,1-2H3,(H,21,22,24)/t17-,20+/m1/s1. The Kier molecular flexibility index (Phi) is 5.57. The van der Waals surface area contributed by atoms with Crippen LogP contribution in [0.15, 0.2) is 30.9 Å². The Morgan fingerprint density at radius 1 is 1.19 bits per heavy atom. The molecule has 2 aromatic heterocycles. The van der Waals surface area contributed by atoms with Gasteiger partial charge in [-0.15, -0.1) is 0 Å². The van der Waals surface area contributed by atoms with E-state index in [1.807, 2.05) is 12.3 Å². The van der Waals surface area contributed by atoms with Crippen LogP contribution >= 0.6 is 0 Å². The van der Waals surface area contributed by atoms with E-state index in [-0.39, 0.29) is 6.10 Å². The van der Waals surface area contributed by atoms with Crippen molar-refractivity contribution in [2.24, 2.45) is 5.92 Å². The third-order valence-electron chi connectivity index (χ3n) is 5.70. The molecular formula is C20H30N6O. The Labute approximate surface area is 161 Å². The van der Waals surface area contributed by atoms with Crippen molar-refractivity contribution in [3.05, 3.63) is 30.9 Å². The average molecular weight is 371 g/mol. The first-order valence-electron chi connectivity index (χ1n) is 10.1. The molecule has 2 aliphatic rings. The summed E-state index contributed by atoms with van der Waals surface area (Å²) in [5.41, 5.74) is 0. The number of hydrogen-bond donors (Lipinski definition) is 1. The molecule has 0 aliphatic carbocycles. The molecule has 2 fully saturated rings. The molecule has 146 valence electrons. The van der Waals surface area contributed by atoms with E-state index >= 15 is 0 Å². The van der Waals surface area contributed by atoms with E-state index in [4.69, 9.17) is 4.74 Å². The molecule has 2 saturated heterocycles. The van der Waals surface area contributed by atoms with Crippen molar-refractivity contribution in [3.63, 3.8) is 0 Å². The molecule has 0 amide bonds. The molecule has 0 spiro atoms. The second-order valence-corrected chi connectivity index (χ2v) is 7.94. The molecule has 1 N–H and O–H groups in total. The molecule has 2 atom stereocenters. The predicted molar refractivity (Wildman–Crippen MR) is 106 cm³/mol. The van der Waals surface area contributed by atoms with Crippen LogP contribution in [0.4, 0.5) is 11.6 Å². The van der Waals surface area contributed by atoms with Crippen molar-refractivity contribution in [2.75, 3.05) is 29.9 Å². The molecule has 4 rings (SSSR count).